The summed E-state index contributed by atoms with van der Waals surface area (Å²) in [6, 6.07) is 3.21. The number of aliphatic hydroxyl groups excluding tert-OH is 1. The molecule has 2 saturated heterocycles. The number of benzene rings is 1. The lowest BCUT2D eigenvalue weighted by molar-refractivity contribution is -0.127. The second-order valence-electron chi connectivity index (χ2n) is 14.5. The molecule has 12 heteroatoms. The van der Waals surface area contributed by atoms with E-state index in [1.54, 1.807) is 17.4 Å². The smallest absolute Gasteiger partial charge is 0.305 e. The summed E-state index contributed by atoms with van der Waals surface area (Å²) < 4.78 is 6.92. The zero-order valence-corrected chi connectivity index (χ0v) is 30.1. The van der Waals surface area contributed by atoms with E-state index in [2.05, 4.69) is 47.9 Å². The molecule has 0 saturated carbocycles. The lowest BCUT2D eigenvalue weighted by atomic mass is 9.86. The molecule has 260 valence electrons. The molecule has 1 spiro atoms. The fraction of sp³-hybridized carbons (Fsp3) is 0.686. The van der Waals surface area contributed by atoms with E-state index in [1.165, 1.54) is 38.2 Å². The number of phenols is 1. The number of aromatic nitrogens is 2. The second-order valence-corrected chi connectivity index (χ2v) is 16.4. The second kappa shape index (κ2) is 15.9. The lowest BCUT2D eigenvalue weighted by Gasteiger charge is -2.47. The Labute approximate surface area is 286 Å². The number of ether oxygens (including phenoxy) is 1. The van der Waals surface area contributed by atoms with E-state index >= 15 is 0 Å². The van der Waals surface area contributed by atoms with Crippen molar-refractivity contribution in [1.29, 1.82) is 0 Å². The average molecular weight is 688 g/mol. The van der Waals surface area contributed by atoms with Crippen LogP contribution in [-0.2, 0) is 4.74 Å². The van der Waals surface area contributed by atoms with Crippen molar-refractivity contribution < 1.29 is 19.7 Å². The molecule has 2 fully saturated rings. The number of hydrogen-bond donors (Lipinski definition) is 4. The molecule has 0 aliphatic carbocycles. The fourth-order valence-electron chi connectivity index (χ4n) is 6.83. The van der Waals surface area contributed by atoms with E-state index < -0.39 is 6.10 Å². The van der Waals surface area contributed by atoms with E-state index in [0.717, 1.165) is 61.8 Å². The van der Waals surface area contributed by atoms with Gasteiger partial charge in [0.25, 0.3) is 5.91 Å². The van der Waals surface area contributed by atoms with Crippen LogP contribution in [-0.4, -0.2) is 93.9 Å². The van der Waals surface area contributed by atoms with Gasteiger partial charge >= 0.3 is 4.87 Å². The van der Waals surface area contributed by atoms with Crippen molar-refractivity contribution in [2.75, 3.05) is 52.4 Å². The third-order valence-corrected chi connectivity index (χ3v) is 11.8. The molecule has 1 amide bonds. The number of amides is 1. The summed E-state index contributed by atoms with van der Waals surface area (Å²) in [7, 11) is 0. The number of hydrogen-bond acceptors (Lipinski definition) is 10. The van der Waals surface area contributed by atoms with Crippen LogP contribution < -0.4 is 10.2 Å². The Hall–Kier alpha value is -2.35. The first-order chi connectivity index (χ1) is 22.5. The maximum Gasteiger partial charge on any atom is 0.305 e. The van der Waals surface area contributed by atoms with Crippen molar-refractivity contribution in [3.8, 4) is 5.75 Å². The summed E-state index contributed by atoms with van der Waals surface area (Å²) >= 11 is 2.59. The lowest BCUT2D eigenvalue weighted by Crippen LogP contribution is -2.58. The van der Waals surface area contributed by atoms with Crippen molar-refractivity contribution in [1.82, 2.24) is 25.1 Å². The van der Waals surface area contributed by atoms with Gasteiger partial charge in [0, 0.05) is 49.6 Å². The van der Waals surface area contributed by atoms with Gasteiger partial charge in [-0.15, -0.1) is 11.3 Å². The minimum atomic E-state index is -0.757. The predicted molar refractivity (Wildman–Crippen MR) is 190 cm³/mol. The number of carbonyl (C=O) groups is 1. The van der Waals surface area contributed by atoms with Crippen LogP contribution in [0, 0.1) is 5.41 Å². The first-order valence-electron chi connectivity index (χ1n) is 17.3. The number of aromatic amines is 1. The molecule has 0 radical (unpaired) electrons. The van der Waals surface area contributed by atoms with E-state index in [0.29, 0.717) is 53.6 Å². The molecule has 1 atom stereocenters. The monoisotopic (exact) mass is 687 g/mol. The van der Waals surface area contributed by atoms with Crippen molar-refractivity contribution in [2.45, 2.75) is 96.7 Å². The van der Waals surface area contributed by atoms with Gasteiger partial charge in [-0.25, -0.2) is 4.98 Å². The number of carbonyl (C=O) groups excluding carboxylic acids is 1. The molecular formula is C35H53N5O5S2. The minimum absolute atomic E-state index is 0.0212. The summed E-state index contributed by atoms with van der Waals surface area (Å²) in [5.41, 5.74) is 1.53. The van der Waals surface area contributed by atoms with Crippen LogP contribution >= 0.6 is 22.7 Å². The molecule has 10 nitrogen and oxygen atoms in total. The molecule has 3 aromatic rings. The van der Waals surface area contributed by atoms with Crippen LogP contribution in [0.15, 0.2) is 22.3 Å². The number of nitrogens with zero attached hydrogens (tertiary/aromatic N) is 3. The number of likely N-dealkylation sites (tertiary alicyclic amines) is 1. The zero-order chi connectivity index (χ0) is 33.6. The van der Waals surface area contributed by atoms with E-state index in [4.69, 9.17) is 4.74 Å². The molecule has 1 aromatic carbocycles. The molecule has 2 aromatic heterocycles. The van der Waals surface area contributed by atoms with Crippen LogP contribution in [0.4, 0.5) is 0 Å². The molecule has 4 N–H and O–H groups in total. The highest BCUT2D eigenvalue weighted by Gasteiger charge is 2.41. The van der Waals surface area contributed by atoms with Crippen LogP contribution in [0.25, 0.3) is 10.2 Å². The summed E-state index contributed by atoms with van der Waals surface area (Å²) in [6.07, 6.45) is 8.41. The van der Waals surface area contributed by atoms with Gasteiger partial charge in [0.15, 0.2) is 0 Å². The van der Waals surface area contributed by atoms with Gasteiger partial charge in [-0.1, -0.05) is 70.8 Å². The summed E-state index contributed by atoms with van der Waals surface area (Å²) in [6.45, 7) is 15.0. The normalized spacial score (nSPS) is 18.0. The maximum absolute atomic E-state index is 13.2. The molecule has 5 rings (SSSR count). The highest BCUT2D eigenvalue weighted by molar-refractivity contribution is 7.16. The summed E-state index contributed by atoms with van der Waals surface area (Å²) in [4.78, 5) is 36.5. The number of unbranched alkanes of at least 4 members (excludes halogenated alkanes) is 4. The van der Waals surface area contributed by atoms with E-state index in [1.807, 2.05) is 10.3 Å². The first-order valence-corrected chi connectivity index (χ1v) is 19.0. The molecule has 2 aliphatic heterocycles. The molecule has 4 heterocycles. The predicted octanol–water partition coefficient (Wildman–Crippen LogP) is 5.87. The third kappa shape index (κ3) is 9.42. The largest absolute Gasteiger partial charge is 0.506 e. The Morgan fingerprint density at radius 3 is 2.64 bits per heavy atom. The number of aliphatic hydroxyl groups is 1. The van der Waals surface area contributed by atoms with Crippen LogP contribution in [0.5, 0.6) is 5.75 Å². The van der Waals surface area contributed by atoms with E-state index in [9.17, 15) is 19.8 Å². The maximum atomic E-state index is 13.2. The number of thiazole rings is 2. The number of morpholine rings is 1. The number of rotatable bonds is 15. The van der Waals surface area contributed by atoms with Gasteiger partial charge < -0.3 is 35.1 Å². The number of H-pyrrole nitrogens is 1. The van der Waals surface area contributed by atoms with Gasteiger partial charge in [-0.3, -0.25) is 9.59 Å². The number of aromatic hydroxyl groups is 1. The average Bonchev–Trinajstić information content (AvgIpc) is 3.69. The van der Waals surface area contributed by atoms with Crippen LogP contribution in [0.3, 0.4) is 0 Å². The molecule has 2 aliphatic rings. The van der Waals surface area contributed by atoms with Gasteiger partial charge in [0.05, 0.1) is 34.6 Å². The van der Waals surface area contributed by atoms with Crippen molar-refractivity contribution in [3.63, 3.8) is 0 Å². The standard InChI is InChI=1S/C35H53N5O5S2/c1-24(2)31-37-26(21-46-31)32(43)40-18-19-45-35(23-40)13-16-39(17-14-35)15-9-7-5-6-8-12-34(3,4)22-36-20-28(42)25-10-11-27(41)29-30(25)47-33(44)38-29/h10-11,21,24,28,36,41-42H,5-9,12-20,22-23H2,1-4H3,(H,38,44). The highest BCUT2D eigenvalue weighted by Crippen LogP contribution is 2.33. The number of fused-ring (bicyclic) bond motifs is 1. The van der Waals surface area contributed by atoms with Gasteiger partial charge in [0.1, 0.15) is 17.0 Å². The third-order valence-electron chi connectivity index (χ3n) is 9.75. The molecule has 47 heavy (non-hydrogen) atoms. The Balaban J connectivity index is 0.930. The number of piperidine rings is 1. The Morgan fingerprint density at radius 1 is 1.15 bits per heavy atom. The quantitative estimate of drug-likeness (QED) is 0.146. The topological polar surface area (TPSA) is 131 Å². The van der Waals surface area contributed by atoms with Gasteiger partial charge in [-0.05, 0) is 43.7 Å². The van der Waals surface area contributed by atoms with E-state index in [-0.39, 0.29) is 27.5 Å². The minimum Gasteiger partial charge on any atom is -0.506 e. The van der Waals surface area contributed by atoms with Crippen LogP contribution in [0.1, 0.15) is 112 Å². The highest BCUT2D eigenvalue weighted by atomic mass is 32.1. The zero-order valence-electron chi connectivity index (χ0n) is 28.5. The number of phenolic OH excluding ortho intramolecular Hbond substituents is 1. The van der Waals surface area contributed by atoms with Crippen LogP contribution in [0.2, 0.25) is 0 Å². The summed E-state index contributed by atoms with van der Waals surface area (Å²) in [5, 5.41) is 27.1. The van der Waals surface area contributed by atoms with Crippen molar-refractivity contribution in [3.05, 3.63) is 43.4 Å². The number of nitrogens with one attached hydrogen (secondary N) is 2. The Kier molecular flexibility index (Phi) is 12.2. The van der Waals surface area contributed by atoms with Crippen molar-refractivity contribution >= 4 is 38.8 Å². The van der Waals surface area contributed by atoms with Crippen molar-refractivity contribution in [2.24, 2.45) is 5.41 Å². The Bertz CT molecular complexity index is 1520. The Morgan fingerprint density at radius 2 is 1.89 bits per heavy atom. The first kappa shape index (κ1) is 35.9. The molecular weight excluding hydrogens is 635 g/mol. The molecule has 0 bridgehead atoms. The van der Waals surface area contributed by atoms with Gasteiger partial charge in [0.2, 0.25) is 0 Å². The fourth-order valence-corrected chi connectivity index (χ4v) is 8.56. The molecule has 1 unspecified atom stereocenters. The SMILES string of the molecule is CC(C)c1nc(C(=O)N2CCOC3(CCN(CCCCCCCC(C)(C)CNCC(O)c4ccc(O)c5[nH]c(=O)sc45)CC3)C2)cs1. The van der Waals surface area contributed by atoms with Gasteiger partial charge in [-0.2, -0.15) is 0 Å². The summed E-state index contributed by atoms with van der Waals surface area (Å²) in [5.74, 6) is 0.401.